The number of piperidine rings is 1. The van der Waals surface area contributed by atoms with E-state index in [9.17, 15) is 0 Å². The van der Waals surface area contributed by atoms with Crippen molar-refractivity contribution in [3.8, 4) is 0 Å². The monoisotopic (exact) mass is 357 g/mol. The molecule has 128 valence electrons. The molecule has 0 spiro atoms. The number of nitrogens with zero attached hydrogens (tertiary/aromatic N) is 4. The summed E-state index contributed by atoms with van der Waals surface area (Å²) in [5, 5.41) is 10.5. The van der Waals surface area contributed by atoms with Gasteiger partial charge in [-0.05, 0) is 33.7 Å². The van der Waals surface area contributed by atoms with Crippen LogP contribution < -0.4 is 10.2 Å². The quantitative estimate of drug-likeness (QED) is 0.887. The molecular formula is C15H24ClN5OS. The molecule has 0 bridgehead atoms. The van der Waals surface area contributed by atoms with Crippen LogP contribution in [0.4, 0.5) is 5.13 Å². The zero-order valence-electron chi connectivity index (χ0n) is 13.8. The van der Waals surface area contributed by atoms with Gasteiger partial charge in [-0.2, -0.15) is 4.98 Å². The first-order chi connectivity index (χ1) is 10.7. The number of thiazole rings is 1. The van der Waals surface area contributed by atoms with Gasteiger partial charge in [0.05, 0.1) is 5.69 Å². The summed E-state index contributed by atoms with van der Waals surface area (Å²) in [7, 11) is 1.95. The molecule has 8 heteroatoms. The third-order valence-electron chi connectivity index (χ3n) is 4.19. The van der Waals surface area contributed by atoms with Gasteiger partial charge in [-0.1, -0.05) is 5.16 Å². The number of aryl methyl sites for hydroxylation is 1. The van der Waals surface area contributed by atoms with E-state index in [1.807, 2.05) is 14.0 Å². The lowest BCUT2D eigenvalue weighted by atomic mass is 9.97. The third kappa shape index (κ3) is 4.43. The van der Waals surface area contributed by atoms with E-state index in [4.69, 9.17) is 4.52 Å². The lowest BCUT2D eigenvalue weighted by Gasteiger charge is -2.29. The molecule has 1 aliphatic rings. The van der Waals surface area contributed by atoms with E-state index >= 15 is 0 Å². The van der Waals surface area contributed by atoms with Crippen molar-refractivity contribution in [3.05, 3.63) is 22.8 Å². The number of rotatable bonds is 5. The van der Waals surface area contributed by atoms with Gasteiger partial charge >= 0.3 is 0 Å². The third-order valence-corrected chi connectivity index (χ3v) is 5.21. The molecule has 1 saturated heterocycles. The topological polar surface area (TPSA) is 67.1 Å². The number of halogens is 1. The van der Waals surface area contributed by atoms with Crippen LogP contribution in [0.3, 0.4) is 0 Å². The highest BCUT2D eigenvalue weighted by molar-refractivity contribution is 7.13. The smallest absolute Gasteiger partial charge is 0.229 e. The molecule has 3 heterocycles. The van der Waals surface area contributed by atoms with E-state index in [-0.39, 0.29) is 12.4 Å². The number of anilines is 1. The Kier molecular flexibility index (Phi) is 6.38. The minimum absolute atomic E-state index is 0. The second kappa shape index (κ2) is 8.08. The summed E-state index contributed by atoms with van der Waals surface area (Å²) in [5.74, 6) is 1.98. The minimum Gasteiger partial charge on any atom is -0.348 e. The molecule has 2 aromatic rings. The van der Waals surface area contributed by atoms with Gasteiger partial charge < -0.3 is 14.7 Å². The van der Waals surface area contributed by atoms with Crippen LogP contribution in [0.15, 0.2) is 9.90 Å². The maximum Gasteiger partial charge on any atom is 0.229 e. The summed E-state index contributed by atoms with van der Waals surface area (Å²) in [4.78, 5) is 11.5. The van der Waals surface area contributed by atoms with E-state index < -0.39 is 0 Å². The van der Waals surface area contributed by atoms with Crippen molar-refractivity contribution in [3.63, 3.8) is 0 Å². The van der Waals surface area contributed by atoms with Crippen LogP contribution >= 0.6 is 23.7 Å². The van der Waals surface area contributed by atoms with Crippen LogP contribution in [0, 0.1) is 6.92 Å². The minimum atomic E-state index is 0. The van der Waals surface area contributed by atoms with Crippen molar-refractivity contribution in [2.45, 2.75) is 45.1 Å². The lowest BCUT2D eigenvalue weighted by molar-refractivity contribution is 0.326. The van der Waals surface area contributed by atoms with Crippen molar-refractivity contribution in [1.29, 1.82) is 0 Å². The van der Waals surface area contributed by atoms with Crippen LogP contribution in [-0.4, -0.2) is 41.3 Å². The molecule has 1 N–H and O–H groups in total. The van der Waals surface area contributed by atoms with Gasteiger partial charge in [0, 0.05) is 36.9 Å². The van der Waals surface area contributed by atoms with E-state index in [0.29, 0.717) is 12.0 Å². The molecule has 0 radical (unpaired) electrons. The fraction of sp³-hybridized carbons (Fsp3) is 0.667. The van der Waals surface area contributed by atoms with E-state index in [1.165, 1.54) is 0 Å². The van der Waals surface area contributed by atoms with Crippen LogP contribution in [0.1, 0.15) is 43.1 Å². The predicted molar refractivity (Wildman–Crippen MR) is 94.8 cm³/mol. The van der Waals surface area contributed by atoms with Crippen LogP contribution in [0.5, 0.6) is 0 Å². The summed E-state index contributed by atoms with van der Waals surface area (Å²) >= 11 is 1.72. The standard InChI is InChI=1S/C15H23N5OS.ClH/c1-10(16-3)8-13-18-14(21-19-13)12-4-6-20(7-5-12)15-17-11(2)9-22-15;/h9-10,12,16H,4-8H2,1-3H3;1H. The van der Waals surface area contributed by atoms with Crippen molar-refractivity contribution in [2.75, 3.05) is 25.0 Å². The molecule has 6 nitrogen and oxygen atoms in total. The number of hydrogen-bond acceptors (Lipinski definition) is 7. The van der Waals surface area contributed by atoms with E-state index in [0.717, 1.165) is 54.9 Å². The maximum absolute atomic E-state index is 5.47. The zero-order chi connectivity index (χ0) is 15.5. The molecular weight excluding hydrogens is 334 g/mol. The largest absolute Gasteiger partial charge is 0.348 e. The summed E-state index contributed by atoms with van der Waals surface area (Å²) in [6, 6.07) is 0.362. The molecule has 23 heavy (non-hydrogen) atoms. The summed E-state index contributed by atoms with van der Waals surface area (Å²) in [6.07, 6.45) is 2.89. The number of nitrogens with one attached hydrogen (secondary N) is 1. The van der Waals surface area contributed by atoms with Gasteiger partial charge in [-0.15, -0.1) is 23.7 Å². The SMILES string of the molecule is CNC(C)Cc1noc(C2CCN(c3nc(C)cs3)CC2)n1.Cl. The average molecular weight is 358 g/mol. The molecule has 1 aliphatic heterocycles. The lowest BCUT2D eigenvalue weighted by Crippen LogP contribution is -2.32. The Balaban J connectivity index is 0.00000192. The van der Waals surface area contributed by atoms with Crippen molar-refractivity contribution in [1.82, 2.24) is 20.4 Å². The molecule has 3 rings (SSSR count). The van der Waals surface area contributed by atoms with Crippen LogP contribution in [-0.2, 0) is 6.42 Å². The number of hydrogen-bond donors (Lipinski definition) is 1. The zero-order valence-corrected chi connectivity index (χ0v) is 15.4. The Morgan fingerprint density at radius 2 is 2.13 bits per heavy atom. The predicted octanol–water partition coefficient (Wildman–Crippen LogP) is 2.79. The number of likely N-dealkylation sites (N-methyl/N-ethyl adjacent to an activating group) is 1. The maximum atomic E-state index is 5.47. The molecule has 1 atom stereocenters. The second-order valence-electron chi connectivity index (χ2n) is 5.98. The Morgan fingerprint density at radius 3 is 2.74 bits per heavy atom. The van der Waals surface area contributed by atoms with Gasteiger partial charge in [-0.25, -0.2) is 4.98 Å². The first-order valence-electron chi connectivity index (χ1n) is 7.82. The fourth-order valence-electron chi connectivity index (χ4n) is 2.70. The van der Waals surface area contributed by atoms with E-state index in [1.54, 1.807) is 11.3 Å². The summed E-state index contributed by atoms with van der Waals surface area (Å²) < 4.78 is 5.47. The first kappa shape index (κ1) is 18.2. The molecule has 0 aliphatic carbocycles. The normalized spacial score (nSPS) is 17.1. The molecule has 0 amide bonds. The Hall–Kier alpha value is -1.18. The van der Waals surface area contributed by atoms with Crippen LogP contribution in [0.25, 0.3) is 0 Å². The molecule has 0 saturated carbocycles. The first-order valence-corrected chi connectivity index (χ1v) is 8.70. The van der Waals surface area contributed by atoms with Crippen molar-refractivity contribution in [2.24, 2.45) is 0 Å². The average Bonchev–Trinajstić information content (AvgIpc) is 3.16. The second-order valence-corrected chi connectivity index (χ2v) is 6.81. The van der Waals surface area contributed by atoms with E-state index in [2.05, 4.69) is 37.6 Å². The van der Waals surface area contributed by atoms with Gasteiger partial charge in [-0.3, -0.25) is 0 Å². The van der Waals surface area contributed by atoms with Gasteiger partial charge in [0.25, 0.3) is 0 Å². The van der Waals surface area contributed by atoms with Gasteiger partial charge in [0.2, 0.25) is 5.89 Å². The molecule has 1 unspecified atom stereocenters. The Morgan fingerprint density at radius 1 is 1.39 bits per heavy atom. The highest BCUT2D eigenvalue weighted by Gasteiger charge is 2.26. The van der Waals surface area contributed by atoms with Gasteiger partial charge in [0.1, 0.15) is 0 Å². The molecule has 2 aromatic heterocycles. The van der Waals surface area contributed by atoms with Crippen molar-refractivity contribution < 1.29 is 4.52 Å². The fourth-order valence-corrected chi connectivity index (χ4v) is 3.55. The van der Waals surface area contributed by atoms with Crippen molar-refractivity contribution >= 4 is 28.9 Å². The Labute approximate surface area is 147 Å². The van der Waals surface area contributed by atoms with Crippen LogP contribution in [0.2, 0.25) is 0 Å². The summed E-state index contributed by atoms with van der Waals surface area (Å²) in [6.45, 7) is 6.16. The summed E-state index contributed by atoms with van der Waals surface area (Å²) in [5.41, 5.74) is 1.10. The Bertz CT molecular complexity index is 609. The molecule has 1 fully saturated rings. The highest BCUT2D eigenvalue weighted by Crippen LogP contribution is 2.30. The van der Waals surface area contributed by atoms with Gasteiger partial charge in [0.15, 0.2) is 11.0 Å². The highest BCUT2D eigenvalue weighted by atomic mass is 35.5. The molecule has 0 aromatic carbocycles. The number of aromatic nitrogens is 3.